The summed E-state index contributed by atoms with van der Waals surface area (Å²) in [6.07, 6.45) is 6.39. The average Bonchev–Trinajstić information content (AvgIpc) is 3.57. The lowest BCUT2D eigenvalue weighted by Crippen LogP contribution is -2.32. The van der Waals surface area contributed by atoms with Crippen LogP contribution in [-0.4, -0.2) is 4.57 Å². The van der Waals surface area contributed by atoms with E-state index in [0.29, 0.717) is 0 Å². The van der Waals surface area contributed by atoms with Crippen LogP contribution in [0.4, 0.5) is 0 Å². The molecule has 6 aromatic carbocycles. The Labute approximate surface area is 268 Å². The van der Waals surface area contributed by atoms with Crippen molar-refractivity contribution in [3.05, 3.63) is 192 Å². The number of aromatic nitrogens is 1. The van der Waals surface area contributed by atoms with Gasteiger partial charge in [0.05, 0.1) is 16.4 Å². The van der Waals surface area contributed by atoms with Gasteiger partial charge in [-0.15, -0.1) is 0 Å². The summed E-state index contributed by atoms with van der Waals surface area (Å²) in [5.74, 6) is 1.77. The Balaban J connectivity index is 1.43. The minimum Gasteiger partial charge on any atom is -0.457 e. The maximum Gasteiger partial charge on any atom is 0.132 e. The molecule has 1 aliphatic heterocycles. The van der Waals surface area contributed by atoms with Crippen molar-refractivity contribution in [1.82, 2.24) is 4.57 Å². The summed E-state index contributed by atoms with van der Waals surface area (Å²) in [6, 6.07) is 50.2. The Morgan fingerprint density at radius 2 is 1.28 bits per heavy atom. The lowest BCUT2D eigenvalue weighted by Gasteiger charge is -2.39. The van der Waals surface area contributed by atoms with Crippen LogP contribution in [0.25, 0.3) is 44.2 Å². The highest BCUT2D eigenvalue weighted by Gasteiger charge is 2.52. The Morgan fingerprint density at radius 3 is 2.02 bits per heavy atom. The first-order chi connectivity index (χ1) is 22.7. The lowest BCUT2D eigenvalue weighted by molar-refractivity contribution is 0.436. The molecule has 1 spiro atoms. The van der Waals surface area contributed by atoms with Crippen LogP contribution in [0, 0.1) is 0 Å². The normalized spacial score (nSPS) is 16.0. The maximum atomic E-state index is 6.58. The number of hydrogen-bond acceptors (Lipinski definition) is 1. The van der Waals surface area contributed by atoms with Crippen LogP contribution in [-0.2, 0) is 5.41 Å². The van der Waals surface area contributed by atoms with Crippen LogP contribution in [0.1, 0.15) is 29.2 Å². The highest BCUT2D eigenvalue weighted by molar-refractivity contribution is 6.12. The van der Waals surface area contributed by atoms with Gasteiger partial charge in [-0.05, 0) is 82.8 Å². The minimum atomic E-state index is -0.571. The Hall–Kier alpha value is -5.86. The summed E-state index contributed by atoms with van der Waals surface area (Å²) in [7, 11) is 0. The molecule has 0 fully saturated rings. The van der Waals surface area contributed by atoms with E-state index in [4.69, 9.17) is 4.74 Å². The first kappa shape index (κ1) is 26.5. The van der Waals surface area contributed by atoms with Crippen molar-refractivity contribution in [2.24, 2.45) is 0 Å². The van der Waals surface area contributed by atoms with Gasteiger partial charge in [-0.1, -0.05) is 122 Å². The molecule has 0 saturated carbocycles. The fraction of sp³-hybridized carbons (Fsp3) is 0.0455. The van der Waals surface area contributed by atoms with Crippen molar-refractivity contribution in [3.63, 3.8) is 0 Å². The van der Waals surface area contributed by atoms with Gasteiger partial charge in [0, 0.05) is 27.6 Å². The van der Waals surface area contributed by atoms with Gasteiger partial charge in [-0.2, -0.15) is 0 Å². The minimum absolute atomic E-state index is 0.571. The molecule has 0 amide bonds. The molecule has 218 valence electrons. The molecule has 9 rings (SSSR count). The molecule has 0 unspecified atom stereocenters. The van der Waals surface area contributed by atoms with Crippen LogP contribution in [0.15, 0.2) is 170 Å². The Morgan fingerprint density at radius 1 is 0.609 bits per heavy atom. The number of nitrogens with zero attached hydrogens (tertiary/aromatic N) is 1. The highest BCUT2D eigenvalue weighted by atomic mass is 16.5. The lowest BCUT2D eigenvalue weighted by atomic mass is 9.65. The largest absolute Gasteiger partial charge is 0.457 e. The zero-order valence-electron chi connectivity index (χ0n) is 25.6. The predicted octanol–water partition coefficient (Wildman–Crippen LogP) is 11.4. The molecule has 7 aromatic rings. The number of allylic oxidation sites excluding steroid dienone is 5. The van der Waals surface area contributed by atoms with Gasteiger partial charge in [0.15, 0.2) is 0 Å². The number of benzene rings is 6. The van der Waals surface area contributed by atoms with Gasteiger partial charge in [0.25, 0.3) is 0 Å². The van der Waals surface area contributed by atoms with Crippen molar-refractivity contribution in [2.45, 2.75) is 12.3 Å². The number of ether oxygens (including phenoxy) is 1. The summed E-state index contributed by atoms with van der Waals surface area (Å²) < 4.78 is 9.02. The Bertz CT molecular complexity index is 2380. The molecule has 2 nitrogen and oxygen atoms in total. The molecular weight excluding hydrogens is 558 g/mol. The van der Waals surface area contributed by atoms with Crippen LogP contribution < -0.4 is 4.74 Å². The molecule has 1 aliphatic carbocycles. The summed E-state index contributed by atoms with van der Waals surface area (Å²) >= 11 is 0. The van der Waals surface area contributed by atoms with E-state index in [0.717, 1.165) is 28.3 Å². The van der Waals surface area contributed by atoms with Crippen molar-refractivity contribution in [3.8, 4) is 28.3 Å². The zero-order chi connectivity index (χ0) is 30.8. The molecule has 0 N–H and O–H groups in total. The van der Waals surface area contributed by atoms with Gasteiger partial charge in [-0.3, -0.25) is 0 Å². The quantitative estimate of drug-likeness (QED) is 0.200. The molecule has 2 heteroatoms. The molecule has 0 atom stereocenters. The van der Waals surface area contributed by atoms with Crippen molar-refractivity contribution in [2.75, 3.05) is 0 Å². The van der Waals surface area contributed by atoms with Crippen molar-refractivity contribution in [1.29, 1.82) is 0 Å². The predicted molar refractivity (Wildman–Crippen MR) is 191 cm³/mol. The first-order valence-electron chi connectivity index (χ1n) is 15.8. The van der Waals surface area contributed by atoms with Crippen LogP contribution in [0.2, 0.25) is 0 Å². The fourth-order valence-electron chi connectivity index (χ4n) is 7.99. The van der Waals surface area contributed by atoms with E-state index in [9.17, 15) is 0 Å². The van der Waals surface area contributed by atoms with E-state index in [2.05, 4.69) is 170 Å². The zero-order valence-corrected chi connectivity index (χ0v) is 25.6. The first-order valence-corrected chi connectivity index (χ1v) is 15.8. The van der Waals surface area contributed by atoms with E-state index >= 15 is 0 Å². The summed E-state index contributed by atoms with van der Waals surface area (Å²) in [5, 5.41) is 2.48. The van der Waals surface area contributed by atoms with Crippen LogP contribution in [0.3, 0.4) is 0 Å². The smallest absolute Gasteiger partial charge is 0.132 e. The number of fused-ring (bicyclic) bond motifs is 9. The number of rotatable bonds is 3. The molecule has 2 aliphatic rings. The summed E-state index contributed by atoms with van der Waals surface area (Å²) in [4.78, 5) is 0. The third kappa shape index (κ3) is 3.53. The second-order valence-electron chi connectivity index (χ2n) is 12.0. The second-order valence-corrected chi connectivity index (χ2v) is 12.0. The van der Waals surface area contributed by atoms with Gasteiger partial charge < -0.3 is 9.30 Å². The molecule has 0 radical (unpaired) electrons. The van der Waals surface area contributed by atoms with E-state index in [-0.39, 0.29) is 0 Å². The van der Waals surface area contributed by atoms with E-state index < -0.39 is 5.41 Å². The van der Waals surface area contributed by atoms with E-state index in [1.165, 1.54) is 55.2 Å². The molecule has 46 heavy (non-hydrogen) atoms. The van der Waals surface area contributed by atoms with Crippen LogP contribution in [0.5, 0.6) is 11.5 Å². The van der Waals surface area contributed by atoms with Crippen LogP contribution >= 0.6 is 0 Å². The summed E-state index contributed by atoms with van der Waals surface area (Å²) in [5.41, 5.74) is 12.6. The van der Waals surface area contributed by atoms with Gasteiger partial charge in [0.2, 0.25) is 0 Å². The van der Waals surface area contributed by atoms with Gasteiger partial charge in [-0.25, -0.2) is 0 Å². The second kappa shape index (κ2) is 10.1. The third-order valence-corrected chi connectivity index (χ3v) is 9.79. The maximum absolute atomic E-state index is 6.58. The topological polar surface area (TPSA) is 14.2 Å². The highest BCUT2D eigenvalue weighted by Crippen LogP contribution is 2.63. The standard InChI is InChI=1S/C44H31NO/c1-3-15-36-32(4-2)34-27-35-33-20-8-11-23-40(33)45(31-19-14-18-30(26-31)29-16-6-5-7-17-29)41(35)28-39(34)44(36)37-21-9-12-24-42(37)46-43-25-13-10-22-38(43)44/h3-28H,1H2,2H3/b32-4-,36-15?. The SMILES string of the molecule is C=CC=C1/C(=C\C)c2cc3c4ccccc4n(-c4cccc(-c5ccccc5)c4)c3cc2C12c1ccccc1Oc1ccccc12. The Kier molecular flexibility index (Phi) is 5.82. The fourth-order valence-corrected chi connectivity index (χ4v) is 7.99. The number of para-hydroxylation sites is 3. The molecule has 2 heterocycles. The average molecular weight is 590 g/mol. The van der Waals surface area contributed by atoms with E-state index in [1.807, 2.05) is 6.08 Å². The van der Waals surface area contributed by atoms with Crippen molar-refractivity contribution >= 4 is 27.4 Å². The molecular formula is C44H31NO. The van der Waals surface area contributed by atoms with Gasteiger partial charge >= 0.3 is 0 Å². The van der Waals surface area contributed by atoms with Crippen molar-refractivity contribution < 1.29 is 4.74 Å². The molecule has 0 bridgehead atoms. The van der Waals surface area contributed by atoms with Gasteiger partial charge in [0.1, 0.15) is 11.5 Å². The molecule has 0 saturated heterocycles. The third-order valence-electron chi connectivity index (χ3n) is 9.79. The number of hydrogen-bond donors (Lipinski definition) is 0. The monoisotopic (exact) mass is 589 g/mol. The summed E-state index contributed by atoms with van der Waals surface area (Å²) in [6.45, 7) is 6.33. The molecule has 1 aromatic heterocycles. The van der Waals surface area contributed by atoms with E-state index in [1.54, 1.807) is 0 Å².